The molecule has 0 unspecified atom stereocenters. The third-order valence-electron chi connectivity index (χ3n) is 2.07. The number of aliphatic hydroxyl groups is 1. The number of methoxy groups -OCH3 is 1. The minimum absolute atomic E-state index is 0.465. The van der Waals surface area contributed by atoms with Crippen molar-refractivity contribution in [1.82, 2.24) is 4.98 Å². The molecule has 0 aliphatic heterocycles. The van der Waals surface area contributed by atoms with E-state index in [0.717, 1.165) is 11.1 Å². The van der Waals surface area contributed by atoms with Crippen molar-refractivity contribution in [3.8, 4) is 5.88 Å². The van der Waals surface area contributed by atoms with Crippen molar-refractivity contribution in [2.75, 3.05) is 13.7 Å². The second-order valence-electron chi connectivity index (χ2n) is 3.19. The molecule has 1 rings (SSSR count). The number of aromatic nitrogens is 1. The lowest BCUT2D eigenvalue weighted by Gasteiger charge is -2.11. The number of aryl methyl sites for hydroxylation is 1. The molecule has 0 radical (unpaired) electrons. The van der Waals surface area contributed by atoms with Crippen LogP contribution in [0.3, 0.4) is 0 Å². The summed E-state index contributed by atoms with van der Waals surface area (Å²) in [6, 6.07) is 1.87. The van der Waals surface area contributed by atoms with Gasteiger partial charge in [-0.05, 0) is 31.5 Å². The molecule has 1 aromatic rings. The molecule has 0 fully saturated rings. The minimum atomic E-state index is -0.530. The normalized spacial score (nSPS) is 12.6. The van der Waals surface area contributed by atoms with Crippen LogP contribution in [0.5, 0.6) is 5.88 Å². The van der Waals surface area contributed by atoms with Crippen LogP contribution in [-0.2, 0) is 0 Å². The summed E-state index contributed by atoms with van der Waals surface area (Å²) >= 11 is 0. The Labute approximate surface area is 83.7 Å². The summed E-state index contributed by atoms with van der Waals surface area (Å²) in [6.45, 7) is 2.36. The maximum atomic E-state index is 9.65. The Hall–Kier alpha value is -1.13. The molecule has 1 heterocycles. The molecule has 1 atom stereocenters. The highest BCUT2D eigenvalue weighted by Gasteiger charge is 2.09. The van der Waals surface area contributed by atoms with Crippen molar-refractivity contribution in [3.63, 3.8) is 0 Å². The molecule has 3 N–H and O–H groups in total. The molecule has 4 heteroatoms. The first-order valence-electron chi connectivity index (χ1n) is 4.57. The predicted octanol–water partition coefficient (Wildman–Crippen LogP) is 0.781. The fourth-order valence-corrected chi connectivity index (χ4v) is 1.30. The number of ether oxygens (including phenoxy) is 1. The summed E-state index contributed by atoms with van der Waals surface area (Å²) in [7, 11) is 1.57. The monoisotopic (exact) mass is 196 g/mol. The van der Waals surface area contributed by atoms with Crippen molar-refractivity contribution >= 4 is 0 Å². The van der Waals surface area contributed by atoms with E-state index in [-0.39, 0.29) is 0 Å². The van der Waals surface area contributed by atoms with Gasteiger partial charge < -0.3 is 15.6 Å². The number of nitrogens with zero attached hydrogens (tertiary/aromatic N) is 1. The summed E-state index contributed by atoms with van der Waals surface area (Å²) in [4.78, 5) is 4.08. The Balaban J connectivity index is 2.85. The van der Waals surface area contributed by atoms with E-state index in [0.29, 0.717) is 18.8 Å². The number of aliphatic hydroxyl groups excluding tert-OH is 1. The third kappa shape index (κ3) is 2.43. The van der Waals surface area contributed by atoms with E-state index >= 15 is 0 Å². The summed E-state index contributed by atoms with van der Waals surface area (Å²) in [6.07, 6.45) is 1.64. The molecule has 0 amide bonds. The van der Waals surface area contributed by atoms with Gasteiger partial charge in [-0.2, -0.15) is 0 Å². The van der Waals surface area contributed by atoms with Gasteiger partial charge in [0, 0.05) is 11.8 Å². The van der Waals surface area contributed by atoms with Crippen LogP contribution in [0.1, 0.15) is 23.7 Å². The Morgan fingerprint density at radius 2 is 2.36 bits per heavy atom. The van der Waals surface area contributed by atoms with Crippen LogP contribution in [0.15, 0.2) is 12.3 Å². The van der Waals surface area contributed by atoms with Gasteiger partial charge in [-0.25, -0.2) is 4.98 Å². The molecule has 1 aromatic heterocycles. The van der Waals surface area contributed by atoms with Gasteiger partial charge in [0.25, 0.3) is 0 Å². The quantitative estimate of drug-likeness (QED) is 0.746. The van der Waals surface area contributed by atoms with Gasteiger partial charge in [0.05, 0.1) is 13.2 Å². The van der Waals surface area contributed by atoms with Gasteiger partial charge in [0.2, 0.25) is 5.88 Å². The molecule has 4 nitrogen and oxygen atoms in total. The summed E-state index contributed by atoms with van der Waals surface area (Å²) in [5.74, 6) is 0.591. The molecule has 0 bridgehead atoms. The van der Waals surface area contributed by atoms with Gasteiger partial charge in [-0.15, -0.1) is 0 Å². The number of pyridine rings is 1. The van der Waals surface area contributed by atoms with Crippen LogP contribution >= 0.6 is 0 Å². The van der Waals surface area contributed by atoms with E-state index in [1.165, 1.54) is 0 Å². The average molecular weight is 196 g/mol. The largest absolute Gasteiger partial charge is 0.481 e. The van der Waals surface area contributed by atoms with Gasteiger partial charge in [-0.1, -0.05) is 0 Å². The highest BCUT2D eigenvalue weighted by molar-refractivity contribution is 5.29. The average Bonchev–Trinajstić information content (AvgIpc) is 2.18. The van der Waals surface area contributed by atoms with Gasteiger partial charge >= 0.3 is 0 Å². The highest BCUT2D eigenvalue weighted by atomic mass is 16.5. The molecule has 0 aromatic carbocycles. The molecule has 14 heavy (non-hydrogen) atoms. The highest BCUT2D eigenvalue weighted by Crippen LogP contribution is 2.20. The van der Waals surface area contributed by atoms with Crippen LogP contribution in [-0.4, -0.2) is 23.7 Å². The topological polar surface area (TPSA) is 68.4 Å². The SMILES string of the molecule is COc1ncc([C@@H](O)CCN)cc1C. The van der Waals surface area contributed by atoms with Crippen molar-refractivity contribution in [3.05, 3.63) is 23.4 Å². The van der Waals surface area contributed by atoms with Gasteiger partial charge in [-0.3, -0.25) is 0 Å². The maximum Gasteiger partial charge on any atom is 0.215 e. The molecule has 0 saturated heterocycles. The van der Waals surface area contributed by atoms with Gasteiger partial charge in [0.1, 0.15) is 0 Å². The second kappa shape index (κ2) is 4.93. The summed E-state index contributed by atoms with van der Waals surface area (Å²) in [5, 5.41) is 9.65. The molecule has 0 saturated carbocycles. The van der Waals surface area contributed by atoms with E-state index in [2.05, 4.69) is 4.98 Å². The third-order valence-corrected chi connectivity index (χ3v) is 2.07. The van der Waals surface area contributed by atoms with E-state index in [9.17, 15) is 5.11 Å². The fourth-order valence-electron chi connectivity index (χ4n) is 1.30. The zero-order valence-electron chi connectivity index (χ0n) is 8.53. The van der Waals surface area contributed by atoms with Crippen LogP contribution in [0.25, 0.3) is 0 Å². The van der Waals surface area contributed by atoms with Crippen molar-refractivity contribution in [1.29, 1.82) is 0 Å². The predicted molar refractivity (Wildman–Crippen MR) is 54.2 cm³/mol. The molecular weight excluding hydrogens is 180 g/mol. The van der Waals surface area contributed by atoms with E-state index in [4.69, 9.17) is 10.5 Å². The summed E-state index contributed by atoms with van der Waals surface area (Å²) in [5.41, 5.74) is 7.06. The van der Waals surface area contributed by atoms with E-state index < -0.39 is 6.10 Å². The van der Waals surface area contributed by atoms with Crippen LogP contribution in [0.2, 0.25) is 0 Å². The smallest absolute Gasteiger partial charge is 0.215 e. The zero-order valence-corrected chi connectivity index (χ0v) is 8.53. The van der Waals surface area contributed by atoms with E-state index in [1.54, 1.807) is 13.3 Å². The minimum Gasteiger partial charge on any atom is -0.481 e. The molecule has 0 aliphatic carbocycles. The zero-order chi connectivity index (χ0) is 10.6. The Morgan fingerprint density at radius 3 is 2.86 bits per heavy atom. The summed E-state index contributed by atoms with van der Waals surface area (Å²) < 4.78 is 5.02. The standard InChI is InChI=1S/C10H16N2O2/c1-7-5-8(9(13)3-4-11)6-12-10(7)14-2/h5-6,9,13H,3-4,11H2,1-2H3/t9-/m0/s1. The lowest BCUT2D eigenvalue weighted by Crippen LogP contribution is -2.07. The first kappa shape index (κ1) is 10.9. The number of hydrogen-bond donors (Lipinski definition) is 2. The Kier molecular flexibility index (Phi) is 3.85. The van der Waals surface area contributed by atoms with Crippen molar-refractivity contribution in [2.24, 2.45) is 5.73 Å². The van der Waals surface area contributed by atoms with Crippen LogP contribution in [0.4, 0.5) is 0 Å². The number of rotatable bonds is 4. The number of hydrogen-bond acceptors (Lipinski definition) is 4. The lowest BCUT2D eigenvalue weighted by molar-refractivity contribution is 0.169. The first-order chi connectivity index (χ1) is 6.69. The maximum absolute atomic E-state index is 9.65. The van der Waals surface area contributed by atoms with E-state index in [1.807, 2.05) is 13.0 Å². The second-order valence-corrected chi connectivity index (χ2v) is 3.19. The Morgan fingerprint density at radius 1 is 1.64 bits per heavy atom. The fraction of sp³-hybridized carbons (Fsp3) is 0.500. The van der Waals surface area contributed by atoms with Crippen LogP contribution < -0.4 is 10.5 Å². The van der Waals surface area contributed by atoms with Crippen molar-refractivity contribution in [2.45, 2.75) is 19.4 Å². The molecule has 78 valence electrons. The first-order valence-corrected chi connectivity index (χ1v) is 4.57. The number of nitrogens with two attached hydrogens (primary N) is 1. The van der Waals surface area contributed by atoms with Crippen LogP contribution in [0, 0.1) is 6.92 Å². The molecular formula is C10H16N2O2. The lowest BCUT2D eigenvalue weighted by atomic mass is 10.1. The Bertz CT molecular complexity index is 302. The molecule has 0 aliphatic rings. The molecule has 0 spiro atoms. The van der Waals surface area contributed by atoms with Crippen molar-refractivity contribution < 1.29 is 9.84 Å². The van der Waals surface area contributed by atoms with Gasteiger partial charge in [0.15, 0.2) is 0 Å².